The molecule has 0 spiro atoms. The standard InChI is InChI=1S/C27H13N3O4S2/c1-30-26-24(35-18(28-26)10-16-12-6-2-4-8-14(12)20(31)22(16)33)25-27(30)29-19(36-25)11-17-13-7-3-5-9-15(13)21(32)23(17)34/h2-11H,1H3/b16-10-,17-11-. The van der Waals surface area contributed by atoms with Crippen LogP contribution in [0.4, 0.5) is 0 Å². The Morgan fingerprint density at radius 2 is 1.00 bits per heavy atom. The van der Waals surface area contributed by atoms with E-state index in [9.17, 15) is 19.2 Å². The van der Waals surface area contributed by atoms with E-state index in [-0.39, 0.29) is 0 Å². The fraction of sp³-hybridized carbons (Fsp3) is 0.0370. The Hall–Kier alpha value is -4.34. The van der Waals surface area contributed by atoms with E-state index in [0.29, 0.717) is 43.4 Å². The van der Waals surface area contributed by atoms with Gasteiger partial charge in [0.1, 0.15) is 10.0 Å². The van der Waals surface area contributed by atoms with Gasteiger partial charge in [-0.15, -0.1) is 22.7 Å². The second kappa shape index (κ2) is 7.33. The molecule has 3 heterocycles. The maximum Gasteiger partial charge on any atom is 0.234 e. The van der Waals surface area contributed by atoms with Gasteiger partial charge in [-0.3, -0.25) is 19.2 Å². The van der Waals surface area contributed by atoms with E-state index < -0.39 is 23.1 Å². The van der Waals surface area contributed by atoms with Gasteiger partial charge in [0.25, 0.3) is 0 Å². The molecule has 0 aliphatic heterocycles. The van der Waals surface area contributed by atoms with Crippen molar-refractivity contribution < 1.29 is 19.2 Å². The highest BCUT2D eigenvalue weighted by molar-refractivity contribution is 7.27. The molecule has 172 valence electrons. The number of nitrogens with zero attached hydrogens (tertiary/aromatic N) is 3. The van der Waals surface area contributed by atoms with Crippen molar-refractivity contribution in [2.75, 3.05) is 0 Å². The van der Waals surface area contributed by atoms with Crippen molar-refractivity contribution in [1.29, 1.82) is 0 Å². The molecule has 36 heavy (non-hydrogen) atoms. The lowest BCUT2D eigenvalue weighted by molar-refractivity contribution is -0.110. The lowest BCUT2D eigenvalue weighted by atomic mass is 10.1. The zero-order valence-electron chi connectivity index (χ0n) is 18.6. The maximum absolute atomic E-state index is 12.6. The Morgan fingerprint density at radius 1 is 0.611 bits per heavy atom. The summed E-state index contributed by atoms with van der Waals surface area (Å²) in [6.07, 6.45) is 3.35. The van der Waals surface area contributed by atoms with Crippen LogP contribution in [0.3, 0.4) is 0 Å². The molecular formula is C27H13N3O4S2. The molecule has 0 saturated carbocycles. The summed E-state index contributed by atoms with van der Waals surface area (Å²) < 4.78 is 3.67. The third-order valence-electron chi connectivity index (χ3n) is 6.45. The molecule has 0 amide bonds. The summed E-state index contributed by atoms with van der Waals surface area (Å²) in [6.45, 7) is 0. The SMILES string of the molecule is Cn1c2nc(/C=C3\C(=O)C(=O)c4ccccc43)sc2c2sc(/C=C3\C(=O)C(=O)c4ccccc43)nc21. The summed E-state index contributed by atoms with van der Waals surface area (Å²) in [7, 11) is 1.86. The highest BCUT2D eigenvalue weighted by Crippen LogP contribution is 2.40. The number of carbonyl (C=O) groups excluding carboxylic acids is 4. The lowest BCUT2D eigenvalue weighted by Gasteiger charge is -1.97. The van der Waals surface area contributed by atoms with Gasteiger partial charge >= 0.3 is 0 Å². The first-order valence-corrected chi connectivity index (χ1v) is 12.6. The first-order chi connectivity index (χ1) is 17.4. The third-order valence-corrected chi connectivity index (χ3v) is 8.60. The monoisotopic (exact) mass is 507 g/mol. The first kappa shape index (κ1) is 21.0. The number of ketones is 4. The van der Waals surface area contributed by atoms with Crippen LogP contribution >= 0.6 is 22.7 Å². The Bertz CT molecular complexity index is 1800. The van der Waals surface area contributed by atoms with Gasteiger partial charge < -0.3 is 4.57 Å². The van der Waals surface area contributed by atoms with Gasteiger partial charge in [0.05, 0.1) is 9.40 Å². The molecular weight excluding hydrogens is 494 g/mol. The average Bonchev–Trinajstić information content (AvgIpc) is 3.65. The van der Waals surface area contributed by atoms with Gasteiger partial charge in [-0.05, 0) is 23.3 Å². The van der Waals surface area contributed by atoms with E-state index in [1.54, 1.807) is 60.7 Å². The number of hydrogen-bond acceptors (Lipinski definition) is 8. The van der Waals surface area contributed by atoms with Crippen LogP contribution in [0, 0.1) is 0 Å². The van der Waals surface area contributed by atoms with Crippen molar-refractivity contribution in [2.24, 2.45) is 7.05 Å². The topological polar surface area (TPSA) is 99.0 Å². The molecule has 0 saturated heterocycles. The van der Waals surface area contributed by atoms with Crippen molar-refractivity contribution in [3.8, 4) is 0 Å². The molecule has 2 aromatic carbocycles. The summed E-state index contributed by atoms with van der Waals surface area (Å²) in [4.78, 5) is 59.3. The van der Waals surface area contributed by atoms with Crippen LogP contribution in [0.5, 0.6) is 0 Å². The molecule has 0 N–H and O–H groups in total. The van der Waals surface area contributed by atoms with Crippen molar-refractivity contribution in [3.05, 3.63) is 80.8 Å². The number of rotatable bonds is 2. The third kappa shape index (κ3) is 2.78. The van der Waals surface area contributed by atoms with Gasteiger partial charge in [-0.25, -0.2) is 9.97 Å². The minimum atomic E-state index is -0.525. The first-order valence-electron chi connectivity index (χ1n) is 11.0. The Balaban J connectivity index is 1.33. The van der Waals surface area contributed by atoms with E-state index in [0.717, 1.165) is 20.7 Å². The molecule has 0 atom stereocenters. The van der Waals surface area contributed by atoms with E-state index in [4.69, 9.17) is 9.97 Å². The summed E-state index contributed by atoms with van der Waals surface area (Å²) in [5, 5.41) is 1.23. The second-order valence-corrected chi connectivity index (χ2v) is 10.6. The van der Waals surface area contributed by atoms with Crippen molar-refractivity contribution >= 4 is 89.8 Å². The zero-order chi connectivity index (χ0) is 24.7. The van der Waals surface area contributed by atoms with Crippen LogP contribution in [-0.2, 0) is 16.6 Å². The van der Waals surface area contributed by atoms with Gasteiger partial charge in [-0.1, -0.05) is 48.5 Å². The van der Waals surface area contributed by atoms with E-state index in [1.807, 2.05) is 11.6 Å². The number of benzene rings is 2. The fourth-order valence-corrected chi connectivity index (χ4v) is 6.93. The highest BCUT2D eigenvalue weighted by atomic mass is 32.1. The normalized spacial score (nSPS) is 17.4. The number of carbonyl (C=O) groups is 4. The second-order valence-electron chi connectivity index (χ2n) is 8.49. The highest BCUT2D eigenvalue weighted by Gasteiger charge is 2.34. The van der Waals surface area contributed by atoms with E-state index in [2.05, 4.69) is 0 Å². The van der Waals surface area contributed by atoms with Crippen LogP contribution in [0.15, 0.2) is 48.5 Å². The summed E-state index contributed by atoms with van der Waals surface area (Å²) in [5.41, 5.74) is 4.23. The van der Waals surface area contributed by atoms with Crippen molar-refractivity contribution in [3.63, 3.8) is 0 Å². The summed E-state index contributed by atoms with van der Waals surface area (Å²) >= 11 is 2.83. The molecule has 2 aliphatic rings. The molecule has 7 rings (SSSR count). The van der Waals surface area contributed by atoms with Crippen LogP contribution in [-0.4, -0.2) is 37.7 Å². The number of allylic oxidation sites excluding steroid dienone is 2. The van der Waals surface area contributed by atoms with Crippen LogP contribution in [0.2, 0.25) is 0 Å². The number of hydrogen-bond donors (Lipinski definition) is 0. The molecule has 0 unspecified atom stereocenters. The van der Waals surface area contributed by atoms with E-state index in [1.165, 1.54) is 22.7 Å². The molecule has 0 radical (unpaired) electrons. The number of Topliss-reactive ketones (excluding diaryl/α,β-unsaturated/α-hetero) is 4. The zero-order valence-corrected chi connectivity index (χ0v) is 20.2. The predicted molar refractivity (Wildman–Crippen MR) is 139 cm³/mol. The molecule has 0 fully saturated rings. The van der Waals surface area contributed by atoms with Gasteiger partial charge in [0.15, 0.2) is 11.3 Å². The van der Waals surface area contributed by atoms with Gasteiger partial charge in [0, 0.05) is 29.3 Å². The predicted octanol–water partition coefficient (Wildman–Crippen LogP) is 4.86. The van der Waals surface area contributed by atoms with Crippen molar-refractivity contribution in [2.45, 2.75) is 0 Å². The Labute approximate surface area is 211 Å². The maximum atomic E-state index is 12.6. The van der Waals surface area contributed by atoms with Crippen molar-refractivity contribution in [1.82, 2.24) is 14.5 Å². The molecule has 3 aromatic heterocycles. The minimum absolute atomic E-state index is 0.351. The van der Waals surface area contributed by atoms with Crippen LogP contribution in [0.1, 0.15) is 41.9 Å². The van der Waals surface area contributed by atoms with Gasteiger partial charge in [0.2, 0.25) is 23.1 Å². The Kier molecular flexibility index (Phi) is 4.27. The smallest absolute Gasteiger partial charge is 0.234 e. The minimum Gasteiger partial charge on any atom is -0.312 e. The lowest BCUT2D eigenvalue weighted by Crippen LogP contribution is -2.05. The molecule has 7 nitrogen and oxygen atoms in total. The largest absolute Gasteiger partial charge is 0.312 e. The number of aryl methyl sites for hydroxylation is 1. The molecule has 2 aliphatic carbocycles. The summed E-state index contributed by atoms with van der Waals surface area (Å²) in [6, 6.07) is 13.9. The average molecular weight is 508 g/mol. The summed E-state index contributed by atoms with van der Waals surface area (Å²) in [5.74, 6) is -2.05. The molecule has 0 bridgehead atoms. The van der Waals surface area contributed by atoms with Crippen LogP contribution < -0.4 is 0 Å². The van der Waals surface area contributed by atoms with E-state index >= 15 is 0 Å². The fourth-order valence-electron chi connectivity index (χ4n) is 4.73. The quantitative estimate of drug-likeness (QED) is 0.250. The number of thiazole rings is 2. The molecule has 5 aromatic rings. The number of fused-ring (bicyclic) bond motifs is 5. The Morgan fingerprint density at radius 3 is 1.42 bits per heavy atom. The number of aromatic nitrogens is 3. The van der Waals surface area contributed by atoms with Gasteiger partial charge in [-0.2, -0.15) is 0 Å². The molecule has 9 heteroatoms. The van der Waals surface area contributed by atoms with Crippen LogP contribution in [0.25, 0.3) is 44.0 Å².